The molecule has 0 aliphatic heterocycles. The van der Waals surface area contributed by atoms with E-state index in [1.807, 2.05) is 0 Å². The zero-order valence-electron chi connectivity index (χ0n) is 9.20. The quantitative estimate of drug-likeness (QED) is 0.862. The third-order valence-electron chi connectivity index (χ3n) is 2.27. The zero-order valence-corrected chi connectivity index (χ0v) is 9.20. The molecule has 6 heteroatoms. The monoisotopic (exact) mass is 253 g/mol. The van der Waals surface area contributed by atoms with E-state index in [-0.39, 0.29) is 17.3 Å². The number of hydrogen-bond donors (Lipinski definition) is 2. The molecule has 2 rings (SSSR count). The van der Waals surface area contributed by atoms with Gasteiger partial charge in [0.05, 0.1) is 11.3 Å². The van der Waals surface area contributed by atoms with Gasteiger partial charge in [0.15, 0.2) is 0 Å². The van der Waals surface area contributed by atoms with Crippen molar-refractivity contribution in [2.24, 2.45) is 0 Å². The lowest BCUT2D eigenvalue weighted by Gasteiger charge is -2.13. The Bertz CT molecular complexity index is 552. The zero-order chi connectivity index (χ0) is 13.2. The molecule has 0 fully saturated rings. The van der Waals surface area contributed by atoms with Crippen LogP contribution in [0.25, 0.3) is 0 Å². The summed E-state index contributed by atoms with van der Waals surface area (Å²) in [4.78, 5) is 3.89. The van der Waals surface area contributed by atoms with Crippen molar-refractivity contribution in [1.29, 1.82) is 0 Å². The summed E-state index contributed by atoms with van der Waals surface area (Å²) in [5, 5.41) is 2.61. The first-order valence-electron chi connectivity index (χ1n) is 5.12. The van der Waals surface area contributed by atoms with Crippen LogP contribution in [0.4, 0.5) is 30.5 Å². The highest BCUT2D eigenvalue weighted by Crippen LogP contribution is 2.35. The van der Waals surface area contributed by atoms with Gasteiger partial charge in [-0.3, -0.25) is 0 Å². The van der Waals surface area contributed by atoms with Crippen LogP contribution in [0.1, 0.15) is 5.56 Å². The summed E-state index contributed by atoms with van der Waals surface area (Å²) in [6.45, 7) is 0. The van der Waals surface area contributed by atoms with E-state index in [0.717, 1.165) is 6.07 Å². The minimum Gasteiger partial charge on any atom is -0.384 e. The molecule has 2 aromatic rings. The molecule has 1 aromatic carbocycles. The highest BCUT2D eigenvalue weighted by molar-refractivity contribution is 5.62. The first-order valence-corrected chi connectivity index (χ1v) is 5.12. The van der Waals surface area contributed by atoms with Crippen molar-refractivity contribution >= 4 is 17.3 Å². The highest BCUT2D eigenvalue weighted by Gasteiger charge is 2.33. The Balaban J connectivity index is 2.35. The van der Waals surface area contributed by atoms with Crippen molar-refractivity contribution < 1.29 is 13.2 Å². The summed E-state index contributed by atoms with van der Waals surface area (Å²) < 4.78 is 38.2. The number of nitrogens with one attached hydrogen (secondary N) is 1. The number of pyridine rings is 1. The van der Waals surface area contributed by atoms with Crippen molar-refractivity contribution in [3.63, 3.8) is 0 Å². The number of nitrogens with zero attached hydrogens (tertiary/aromatic N) is 1. The Labute approximate surface area is 101 Å². The van der Waals surface area contributed by atoms with E-state index in [1.54, 1.807) is 18.2 Å². The van der Waals surface area contributed by atoms with Crippen LogP contribution in [-0.2, 0) is 6.18 Å². The van der Waals surface area contributed by atoms with E-state index in [1.165, 1.54) is 18.2 Å². The topological polar surface area (TPSA) is 50.9 Å². The van der Waals surface area contributed by atoms with E-state index < -0.39 is 11.7 Å². The van der Waals surface area contributed by atoms with Crippen molar-refractivity contribution in [2.45, 2.75) is 6.18 Å². The molecule has 0 aliphatic carbocycles. The van der Waals surface area contributed by atoms with E-state index in [0.29, 0.717) is 0 Å². The molecule has 3 N–H and O–H groups in total. The molecule has 18 heavy (non-hydrogen) atoms. The van der Waals surface area contributed by atoms with Crippen molar-refractivity contribution in [3.05, 3.63) is 48.0 Å². The summed E-state index contributed by atoms with van der Waals surface area (Å²) in [7, 11) is 0. The second-order valence-corrected chi connectivity index (χ2v) is 3.62. The Morgan fingerprint density at radius 2 is 1.72 bits per heavy atom. The Hall–Kier alpha value is -2.24. The van der Waals surface area contributed by atoms with Crippen LogP contribution in [0, 0.1) is 0 Å². The van der Waals surface area contributed by atoms with Gasteiger partial charge in [0, 0.05) is 0 Å². The predicted molar refractivity (Wildman–Crippen MR) is 63.4 cm³/mol. The predicted octanol–water partition coefficient (Wildman–Crippen LogP) is 3.43. The molecule has 0 bridgehead atoms. The maximum atomic E-state index is 12.7. The van der Waals surface area contributed by atoms with Crippen LogP contribution in [-0.4, -0.2) is 4.98 Å². The van der Waals surface area contributed by atoms with Crippen LogP contribution in [0.2, 0.25) is 0 Å². The van der Waals surface area contributed by atoms with Gasteiger partial charge >= 0.3 is 6.18 Å². The molecule has 1 aromatic heterocycles. The van der Waals surface area contributed by atoms with Crippen LogP contribution >= 0.6 is 0 Å². The molecule has 3 nitrogen and oxygen atoms in total. The average Bonchev–Trinajstić information content (AvgIpc) is 2.28. The maximum absolute atomic E-state index is 12.7. The van der Waals surface area contributed by atoms with Gasteiger partial charge in [-0.2, -0.15) is 13.2 Å². The molecule has 0 saturated heterocycles. The smallest absolute Gasteiger partial charge is 0.384 e. The van der Waals surface area contributed by atoms with Crippen molar-refractivity contribution in [3.8, 4) is 0 Å². The molecule has 0 atom stereocenters. The van der Waals surface area contributed by atoms with E-state index >= 15 is 0 Å². The standard InChI is InChI=1S/C12H10F3N3/c13-12(14,15)8-4-1-2-5-9(8)17-11-7-3-6-10(16)18-11/h1-7H,(H3,16,17,18). The molecule has 1 heterocycles. The number of anilines is 3. The van der Waals surface area contributed by atoms with Crippen molar-refractivity contribution in [2.75, 3.05) is 11.1 Å². The number of hydrogen-bond acceptors (Lipinski definition) is 3. The van der Waals surface area contributed by atoms with Gasteiger partial charge in [-0.15, -0.1) is 0 Å². The molecule has 0 aliphatic rings. The molecular weight excluding hydrogens is 243 g/mol. The van der Waals surface area contributed by atoms with Crippen LogP contribution in [0.5, 0.6) is 0 Å². The van der Waals surface area contributed by atoms with E-state index in [9.17, 15) is 13.2 Å². The molecule has 0 unspecified atom stereocenters. The fraction of sp³-hybridized carbons (Fsp3) is 0.0833. The third-order valence-corrected chi connectivity index (χ3v) is 2.27. The Morgan fingerprint density at radius 3 is 2.39 bits per heavy atom. The van der Waals surface area contributed by atoms with E-state index in [2.05, 4.69) is 10.3 Å². The number of benzene rings is 1. The summed E-state index contributed by atoms with van der Waals surface area (Å²) in [6, 6.07) is 9.91. The third kappa shape index (κ3) is 2.71. The van der Waals surface area contributed by atoms with Gasteiger partial charge in [0.25, 0.3) is 0 Å². The Kier molecular flexibility index (Phi) is 3.10. The number of aromatic nitrogens is 1. The summed E-state index contributed by atoms with van der Waals surface area (Å²) in [6.07, 6.45) is -4.41. The SMILES string of the molecule is Nc1cccc(Nc2ccccc2C(F)(F)F)n1. The van der Waals surface area contributed by atoms with E-state index in [4.69, 9.17) is 5.73 Å². The lowest BCUT2D eigenvalue weighted by molar-refractivity contribution is -0.136. The normalized spacial score (nSPS) is 11.3. The van der Waals surface area contributed by atoms with Crippen LogP contribution < -0.4 is 11.1 Å². The van der Waals surface area contributed by atoms with Gasteiger partial charge in [-0.1, -0.05) is 18.2 Å². The minimum atomic E-state index is -4.41. The van der Waals surface area contributed by atoms with Crippen LogP contribution in [0.3, 0.4) is 0 Å². The number of para-hydroxylation sites is 1. The first-order chi connectivity index (χ1) is 8.47. The number of nitrogen functional groups attached to an aromatic ring is 1. The highest BCUT2D eigenvalue weighted by atomic mass is 19.4. The second kappa shape index (κ2) is 4.56. The summed E-state index contributed by atoms with van der Waals surface area (Å²) >= 11 is 0. The Morgan fingerprint density at radius 1 is 1.00 bits per heavy atom. The average molecular weight is 253 g/mol. The fourth-order valence-electron chi connectivity index (χ4n) is 1.50. The lowest BCUT2D eigenvalue weighted by Crippen LogP contribution is -2.09. The van der Waals surface area contributed by atoms with Gasteiger partial charge in [0.1, 0.15) is 11.6 Å². The molecule has 0 saturated carbocycles. The number of alkyl halides is 3. The number of nitrogens with two attached hydrogens (primary N) is 1. The summed E-state index contributed by atoms with van der Waals surface area (Å²) in [5.41, 5.74) is 4.67. The van der Waals surface area contributed by atoms with Gasteiger partial charge in [-0.05, 0) is 24.3 Å². The molecular formula is C12H10F3N3. The fourth-order valence-corrected chi connectivity index (χ4v) is 1.50. The molecule has 0 amide bonds. The van der Waals surface area contributed by atoms with Gasteiger partial charge in [-0.25, -0.2) is 4.98 Å². The van der Waals surface area contributed by atoms with Crippen LogP contribution in [0.15, 0.2) is 42.5 Å². The lowest BCUT2D eigenvalue weighted by atomic mass is 10.1. The largest absolute Gasteiger partial charge is 0.418 e. The number of halogens is 3. The number of rotatable bonds is 2. The van der Waals surface area contributed by atoms with Gasteiger partial charge in [0.2, 0.25) is 0 Å². The molecule has 94 valence electrons. The van der Waals surface area contributed by atoms with Crippen molar-refractivity contribution in [1.82, 2.24) is 4.98 Å². The summed E-state index contributed by atoms with van der Waals surface area (Å²) in [5.74, 6) is 0.510. The van der Waals surface area contributed by atoms with Gasteiger partial charge < -0.3 is 11.1 Å². The first kappa shape index (κ1) is 12.2. The molecule has 0 radical (unpaired) electrons. The minimum absolute atomic E-state index is 0.0527. The molecule has 0 spiro atoms. The second-order valence-electron chi connectivity index (χ2n) is 3.62. The maximum Gasteiger partial charge on any atom is 0.418 e.